The van der Waals surface area contributed by atoms with Crippen molar-refractivity contribution in [3.63, 3.8) is 0 Å². The molecule has 2 rings (SSSR count). The molecule has 0 atom stereocenters. The van der Waals surface area contributed by atoms with Crippen LogP contribution in [0.2, 0.25) is 0 Å². The molecule has 0 radical (unpaired) electrons. The molecular formula is C17H33IN6O2. The van der Waals surface area contributed by atoms with Gasteiger partial charge in [-0.3, -0.25) is 9.56 Å². The van der Waals surface area contributed by atoms with Crippen LogP contribution in [-0.4, -0.2) is 53.2 Å². The Morgan fingerprint density at radius 3 is 2.85 bits per heavy atom. The Labute approximate surface area is 172 Å². The van der Waals surface area contributed by atoms with Gasteiger partial charge in [0.05, 0.1) is 0 Å². The molecule has 0 bridgehead atoms. The number of aryl methyl sites for hydroxylation is 2. The first-order valence-corrected chi connectivity index (χ1v) is 9.52. The van der Waals surface area contributed by atoms with E-state index in [1.54, 1.807) is 4.68 Å². The van der Waals surface area contributed by atoms with E-state index in [4.69, 9.17) is 4.74 Å². The molecule has 0 unspecified atom stereocenters. The Morgan fingerprint density at radius 1 is 1.27 bits per heavy atom. The molecule has 1 aliphatic rings. The van der Waals surface area contributed by atoms with Crippen molar-refractivity contribution < 1.29 is 4.74 Å². The molecule has 2 heterocycles. The minimum absolute atomic E-state index is 0. The Hall–Kier alpha value is -1.10. The van der Waals surface area contributed by atoms with Crippen LogP contribution in [0.5, 0.6) is 0 Å². The fourth-order valence-corrected chi connectivity index (χ4v) is 2.87. The summed E-state index contributed by atoms with van der Waals surface area (Å²) in [6, 6.07) is 0. The van der Waals surface area contributed by atoms with Crippen LogP contribution in [0.15, 0.2) is 9.79 Å². The van der Waals surface area contributed by atoms with E-state index in [0.29, 0.717) is 13.1 Å². The van der Waals surface area contributed by atoms with Gasteiger partial charge in [-0.1, -0.05) is 0 Å². The van der Waals surface area contributed by atoms with Crippen molar-refractivity contribution >= 4 is 29.9 Å². The quantitative estimate of drug-likeness (QED) is 0.229. The lowest BCUT2D eigenvalue weighted by atomic mass is 10.2. The molecule has 0 aromatic carbocycles. The van der Waals surface area contributed by atoms with Crippen LogP contribution in [0.25, 0.3) is 0 Å². The van der Waals surface area contributed by atoms with Gasteiger partial charge in [0.25, 0.3) is 0 Å². The maximum absolute atomic E-state index is 12.3. The fraction of sp³-hybridized carbons (Fsp3) is 0.824. The number of hydrogen-bond donors (Lipinski definition) is 2. The van der Waals surface area contributed by atoms with Gasteiger partial charge in [0, 0.05) is 52.4 Å². The van der Waals surface area contributed by atoms with Crippen LogP contribution >= 0.6 is 24.0 Å². The summed E-state index contributed by atoms with van der Waals surface area (Å²) in [7, 11) is 0. The molecule has 0 amide bonds. The number of aliphatic imine (C=N–C) groups is 1. The van der Waals surface area contributed by atoms with E-state index in [9.17, 15) is 4.79 Å². The lowest BCUT2D eigenvalue weighted by Crippen LogP contribution is -2.38. The number of halogens is 1. The summed E-state index contributed by atoms with van der Waals surface area (Å²) >= 11 is 0. The normalized spacial score (nSPS) is 13.8. The van der Waals surface area contributed by atoms with E-state index in [-0.39, 0.29) is 29.7 Å². The first-order chi connectivity index (χ1) is 12.3. The second-order valence-electron chi connectivity index (χ2n) is 6.12. The number of fused-ring (bicyclic) bond motifs is 1. The van der Waals surface area contributed by atoms with E-state index in [2.05, 4.69) is 20.7 Å². The van der Waals surface area contributed by atoms with Gasteiger partial charge in [-0.15, -0.1) is 24.0 Å². The van der Waals surface area contributed by atoms with Crippen LogP contribution in [0.1, 0.15) is 45.4 Å². The summed E-state index contributed by atoms with van der Waals surface area (Å²) in [5.74, 6) is 1.75. The van der Waals surface area contributed by atoms with Crippen molar-refractivity contribution in [2.45, 2.75) is 59.0 Å². The van der Waals surface area contributed by atoms with Gasteiger partial charge in [-0.2, -0.15) is 5.10 Å². The average molecular weight is 480 g/mol. The predicted octanol–water partition coefficient (Wildman–Crippen LogP) is 1.37. The number of rotatable bonds is 10. The SMILES string of the molecule is CCNC(=NCCCn1nc2n(c1=O)CCCC2)NCCCOCC.I. The molecule has 9 heteroatoms. The minimum atomic E-state index is 0. The third-order valence-corrected chi connectivity index (χ3v) is 4.14. The van der Waals surface area contributed by atoms with Gasteiger partial charge in [-0.05, 0) is 39.5 Å². The highest BCUT2D eigenvalue weighted by molar-refractivity contribution is 14.0. The summed E-state index contributed by atoms with van der Waals surface area (Å²) in [5, 5.41) is 11.0. The van der Waals surface area contributed by atoms with E-state index in [1.165, 1.54) is 0 Å². The zero-order valence-corrected chi connectivity index (χ0v) is 18.3. The Kier molecular flexibility index (Phi) is 11.6. The number of nitrogens with zero attached hydrogens (tertiary/aromatic N) is 4. The van der Waals surface area contributed by atoms with Crippen LogP contribution in [0.4, 0.5) is 0 Å². The molecule has 0 spiro atoms. The standard InChI is InChI=1S/C17H32N6O2.HI/c1-3-18-16(20-11-8-14-25-4-2)19-10-7-13-23-17(24)22-12-6-5-9-15(22)21-23;/h3-14H2,1-2H3,(H2,18,19,20);1H. The van der Waals surface area contributed by atoms with Crippen LogP contribution in [0.3, 0.4) is 0 Å². The number of ether oxygens (including phenoxy) is 1. The largest absolute Gasteiger partial charge is 0.382 e. The van der Waals surface area contributed by atoms with Crippen molar-refractivity contribution in [3.8, 4) is 0 Å². The molecule has 8 nitrogen and oxygen atoms in total. The third-order valence-electron chi connectivity index (χ3n) is 4.14. The Morgan fingerprint density at radius 2 is 2.12 bits per heavy atom. The summed E-state index contributed by atoms with van der Waals surface area (Å²) in [5.41, 5.74) is 0.0274. The zero-order valence-electron chi connectivity index (χ0n) is 16.0. The van der Waals surface area contributed by atoms with E-state index in [0.717, 1.165) is 76.7 Å². The van der Waals surface area contributed by atoms with Crippen molar-refractivity contribution in [1.82, 2.24) is 25.0 Å². The highest BCUT2D eigenvalue weighted by atomic mass is 127. The van der Waals surface area contributed by atoms with Gasteiger partial charge in [0.1, 0.15) is 5.82 Å². The van der Waals surface area contributed by atoms with E-state index >= 15 is 0 Å². The topological polar surface area (TPSA) is 85.5 Å². The van der Waals surface area contributed by atoms with Gasteiger partial charge >= 0.3 is 5.69 Å². The Balaban J connectivity index is 0.00000338. The molecular weight excluding hydrogens is 447 g/mol. The Bertz CT molecular complexity index is 599. The highest BCUT2D eigenvalue weighted by Crippen LogP contribution is 2.09. The van der Waals surface area contributed by atoms with Gasteiger partial charge < -0.3 is 15.4 Å². The fourth-order valence-electron chi connectivity index (χ4n) is 2.87. The lowest BCUT2D eigenvalue weighted by molar-refractivity contribution is 0.145. The smallest absolute Gasteiger partial charge is 0.345 e. The lowest BCUT2D eigenvalue weighted by Gasteiger charge is -2.11. The van der Waals surface area contributed by atoms with Crippen molar-refractivity contribution in [1.29, 1.82) is 0 Å². The molecule has 1 aromatic rings. The predicted molar refractivity (Wildman–Crippen MR) is 115 cm³/mol. The first kappa shape index (κ1) is 22.9. The summed E-state index contributed by atoms with van der Waals surface area (Å²) in [4.78, 5) is 16.8. The third kappa shape index (κ3) is 7.26. The van der Waals surface area contributed by atoms with E-state index < -0.39 is 0 Å². The second-order valence-corrected chi connectivity index (χ2v) is 6.12. The van der Waals surface area contributed by atoms with Crippen LogP contribution in [0, 0.1) is 0 Å². The minimum Gasteiger partial charge on any atom is -0.382 e. The number of nitrogens with one attached hydrogen (secondary N) is 2. The molecule has 0 saturated heterocycles. The van der Waals surface area contributed by atoms with Crippen LogP contribution in [-0.2, 0) is 24.2 Å². The number of hydrogen-bond acceptors (Lipinski definition) is 4. The maximum Gasteiger partial charge on any atom is 0.345 e. The zero-order chi connectivity index (χ0) is 17.9. The summed E-state index contributed by atoms with van der Waals surface area (Å²) < 4.78 is 8.74. The second kappa shape index (κ2) is 13.1. The van der Waals surface area contributed by atoms with E-state index in [1.807, 2.05) is 18.4 Å². The average Bonchev–Trinajstić information content (AvgIpc) is 2.94. The molecule has 26 heavy (non-hydrogen) atoms. The van der Waals surface area contributed by atoms with Crippen LogP contribution < -0.4 is 16.3 Å². The molecule has 150 valence electrons. The highest BCUT2D eigenvalue weighted by Gasteiger charge is 2.15. The molecule has 2 N–H and O–H groups in total. The van der Waals surface area contributed by atoms with Gasteiger partial charge in [-0.25, -0.2) is 9.48 Å². The molecule has 0 saturated carbocycles. The maximum atomic E-state index is 12.3. The number of aromatic nitrogens is 3. The summed E-state index contributed by atoms with van der Waals surface area (Å²) in [6.07, 6.45) is 4.86. The first-order valence-electron chi connectivity index (χ1n) is 9.52. The van der Waals surface area contributed by atoms with Gasteiger partial charge in [0.15, 0.2) is 5.96 Å². The molecule has 1 aliphatic heterocycles. The van der Waals surface area contributed by atoms with Crippen molar-refractivity contribution in [2.75, 3.05) is 32.8 Å². The van der Waals surface area contributed by atoms with Crippen molar-refractivity contribution in [3.05, 3.63) is 16.3 Å². The summed E-state index contributed by atoms with van der Waals surface area (Å²) in [6.45, 7) is 9.31. The molecule has 0 aliphatic carbocycles. The monoisotopic (exact) mass is 480 g/mol. The number of guanidine groups is 1. The molecule has 1 aromatic heterocycles. The molecule has 0 fully saturated rings. The van der Waals surface area contributed by atoms with Gasteiger partial charge in [0.2, 0.25) is 0 Å². The van der Waals surface area contributed by atoms with Crippen molar-refractivity contribution in [2.24, 2.45) is 4.99 Å².